The fraction of sp³-hybridized carbons (Fsp3) is 0.792. The lowest BCUT2D eigenvalue weighted by molar-refractivity contribution is -0.137. The lowest BCUT2D eigenvalue weighted by Gasteiger charge is -2.54. The van der Waals surface area contributed by atoms with Gasteiger partial charge in [0.25, 0.3) is 0 Å². The van der Waals surface area contributed by atoms with E-state index >= 15 is 0 Å². The Labute approximate surface area is 159 Å². The largest absolute Gasteiger partial charge is 0.481 e. The van der Waals surface area contributed by atoms with Crippen LogP contribution in [0.4, 0.5) is 0 Å². The molecule has 2 saturated carbocycles. The Balaban J connectivity index is 1.62. The Hall–Kier alpha value is -1.05. The molecule has 6 atom stereocenters. The monoisotopic (exact) mass is 356 g/mol. The van der Waals surface area contributed by atoms with Crippen molar-refractivity contribution in [1.82, 2.24) is 0 Å². The third kappa shape index (κ3) is 2.70. The van der Waals surface area contributed by atoms with Crippen molar-refractivity contribution in [1.29, 1.82) is 0 Å². The Morgan fingerprint density at radius 2 is 2.04 bits per heavy atom. The Morgan fingerprint density at radius 1 is 1.23 bits per heavy atom. The fourth-order valence-corrected chi connectivity index (χ4v) is 7.56. The van der Waals surface area contributed by atoms with Gasteiger partial charge in [-0.05, 0) is 92.3 Å². The number of carboxylic acids is 1. The second kappa shape index (κ2) is 6.53. The van der Waals surface area contributed by atoms with Gasteiger partial charge in [0, 0.05) is 6.42 Å². The van der Waals surface area contributed by atoms with Crippen molar-refractivity contribution in [3.8, 4) is 0 Å². The van der Waals surface area contributed by atoms with E-state index in [1.807, 2.05) is 5.57 Å². The summed E-state index contributed by atoms with van der Waals surface area (Å²) in [5, 5.41) is 9.08. The molecule has 0 amide bonds. The number of hydrogen-bond donors (Lipinski definition) is 1. The zero-order valence-corrected chi connectivity index (χ0v) is 16.9. The molecule has 0 aromatic rings. The molecular weight excluding hydrogens is 320 g/mol. The topological polar surface area (TPSA) is 37.3 Å². The van der Waals surface area contributed by atoms with Crippen LogP contribution in [0.15, 0.2) is 23.3 Å². The summed E-state index contributed by atoms with van der Waals surface area (Å²) in [6, 6.07) is 0. The van der Waals surface area contributed by atoms with Crippen LogP contribution in [0.1, 0.15) is 85.0 Å². The minimum absolute atomic E-state index is 0.326. The summed E-state index contributed by atoms with van der Waals surface area (Å²) >= 11 is 0. The van der Waals surface area contributed by atoms with Gasteiger partial charge >= 0.3 is 5.97 Å². The number of carboxylic acid groups (broad SMARTS) is 1. The summed E-state index contributed by atoms with van der Waals surface area (Å²) in [6.45, 7) is 7.37. The van der Waals surface area contributed by atoms with Crippen LogP contribution in [0, 0.1) is 34.5 Å². The van der Waals surface area contributed by atoms with Gasteiger partial charge in [-0.3, -0.25) is 4.79 Å². The number of fused-ring (bicyclic) bond motifs is 4. The molecule has 144 valence electrons. The van der Waals surface area contributed by atoms with Crippen LogP contribution in [0.25, 0.3) is 0 Å². The predicted molar refractivity (Wildman–Crippen MR) is 106 cm³/mol. The minimum Gasteiger partial charge on any atom is -0.481 e. The first-order valence-corrected chi connectivity index (χ1v) is 11.0. The lowest BCUT2D eigenvalue weighted by Crippen LogP contribution is -2.44. The summed E-state index contributed by atoms with van der Waals surface area (Å²) in [4.78, 5) is 11.0. The molecule has 0 aromatic carbocycles. The first-order chi connectivity index (χ1) is 12.4. The summed E-state index contributed by atoms with van der Waals surface area (Å²) in [6.07, 6.45) is 16.8. The second-order valence-electron chi connectivity index (χ2n) is 10.1. The Bertz CT molecular complexity index is 645. The van der Waals surface area contributed by atoms with Crippen LogP contribution < -0.4 is 0 Å². The summed E-state index contributed by atoms with van der Waals surface area (Å²) in [5.41, 5.74) is 4.37. The summed E-state index contributed by atoms with van der Waals surface area (Å²) in [5.74, 6) is 2.22. The smallest absolute Gasteiger partial charge is 0.303 e. The van der Waals surface area contributed by atoms with E-state index in [9.17, 15) is 4.79 Å². The number of aliphatic carboxylic acids is 1. The van der Waals surface area contributed by atoms with Gasteiger partial charge in [0.15, 0.2) is 0 Å². The van der Waals surface area contributed by atoms with Gasteiger partial charge in [-0.1, -0.05) is 44.1 Å². The molecule has 0 heterocycles. The number of rotatable bonds is 4. The van der Waals surface area contributed by atoms with Crippen LogP contribution in [-0.4, -0.2) is 11.1 Å². The van der Waals surface area contributed by atoms with E-state index in [4.69, 9.17) is 5.11 Å². The van der Waals surface area contributed by atoms with Gasteiger partial charge in [0.1, 0.15) is 0 Å². The first-order valence-electron chi connectivity index (χ1n) is 11.0. The van der Waals surface area contributed by atoms with Gasteiger partial charge in [-0.25, -0.2) is 0 Å². The number of allylic oxidation sites excluding steroid dienone is 4. The lowest BCUT2D eigenvalue weighted by atomic mass is 9.50. The highest BCUT2D eigenvalue weighted by Gasteiger charge is 2.54. The molecule has 0 radical (unpaired) electrons. The molecule has 2 unspecified atom stereocenters. The molecule has 0 saturated heterocycles. The molecule has 0 spiro atoms. The van der Waals surface area contributed by atoms with E-state index < -0.39 is 5.97 Å². The molecular formula is C24H36O2. The van der Waals surface area contributed by atoms with Gasteiger partial charge < -0.3 is 5.11 Å². The maximum atomic E-state index is 11.0. The van der Waals surface area contributed by atoms with E-state index in [1.54, 1.807) is 5.57 Å². The summed E-state index contributed by atoms with van der Waals surface area (Å²) in [7, 11) is 0. The average molecular weight is 357 g/mol. The third-order valence-electron chi connectivity index (χ3n) is 9.03. The highest BCUT2D eigenvalue weighted by atomic mass is 16.4. The van der Waals surface area contributed by atoms with Gasteiger partial charge in [-0.2, -0.15) is 0 Å². The van der Waals surface area contributed by atoms with Crippen LogP contribution in [0.3, 0.4) is 0 Å². The Kier molecular flexibility index (Phi) is 4.60. The van der Waals surface area contributed by atoms with E-state index in [0.717, 1.165) is 18.3 Å². The molecule has 1 N–H and O–H groups in total. The van der Waals surface area contributed by atoms with Crippen LogP contribution in [0.5, 0.6) is 0 Å². The molecule has 0 bridgehead atoms. The maximum absolute atomic E-state index is 11.0. The van der Waals surface area contributed by atoms with Crippen LogP contribution in [0.2, 0.25) is 0 Å². The zero-order chi connectivity index (χ0) is 18.5. The number of carbonyl (C=O) groups is 1. The standard InChI is InChI=1S/C24H36O2/c1-16(7-12-22(25)26)19-10-11-20-18-9-8-17-6-4-5-14-23(17,2)21(18)13-15-24(19,20)3/h5,14,16-17,19,21H,4,6-13,15H2,1-3H3,(H,25,26)/t16?,17-,19+,21?,23-,24+/m0/s1. The SMILES string of the molecule is CC(CCC(=O)O)[C@H]1CCC2=C3CC[C@@H]4CCC=C[C@]4(C)C3CC[C@@]21C. The highest BCUT2D eigenvalue weighted by Crippen LogP contribution is 2.65. The summed E-state index contributed by atoms with van der Waals surface area (Å²) < 4.78 is 0. The molecule has 26 heavy (non-hydrogen) atoms. The van der Waals surface area contributed by atoms with Crippen molar-refractivity contribution in [2.24, 2.45) is 34.5 Å². The van der Waals surface area contributed by atoms with E-state index in [0.29, 0.717) is 29.1 Å². The van der Waals surface area contributed by atoms with Gasteiger partial charge in [0.05, 0.1) is 0 Å². The third-order valence-corrected chi connectivity index (χ3v) is 9.03. The van der Waals surface area contributed by atoms with Crippen LogP contribution >= 0.6 is 0 Å². The molecule has 0 aromatic heterocycles. The molecule has 2 nitrogen and oxygen atoms in total. The molecule has 2 fully saturated rings. The van der Waals surface area contributed by atoms with Crippen molar-refractivity contribution >= 4 is 5.97 Å². The predicted octanol–water partition coefficient (Wildman–Crippen LogP) is 6.38. The van der Waals surface area contributed by atoms with Crippen LogP contribution in [-0.2, 0) is 4.79 Å². The van der Waals surface area contributed by atoms with Crippen molar-refractivity contribution in [2.45, 2.75) is 85.0 Å². The highest BCUT2D eigenvalue weighted by molar-refractivity contribution is 5.66. The van der Waals surface area contributed by atoms with Gasteiger partial charge in [-0.15, -0.1) is 0 Å². The van der Waals surface area contributed by atoms with E-state index in [2.05, 4.69) is 32.9 Å². The Morgan fingerprint density at radius 3 is 2.81 bits per heavy atom. The second-order valence-corrected chi connectivity index (χ2v) is 10.1. The quantitative estimate of drug-likeness (QED) is 0.594. The van der Waals surface area contributed by atoms with Crippen molar-refractivity contribution < 1.29 is 9.90 Å². The van der Waals surface area contributed by atoms with Gasteiger partial charge in [0.2, 0.25) is 0 Å². The minimum atomic E-state index is -0.641. The molecule has 4 aliphatic rings. The first kappa shape index (κ1) is 18.3. The van der Waals surface area contributed by atoms with E-state index in [-0.39, 0.29) is 0 Å². The molecule has 4 rings (SSSR count). The average Bonchev–Trinajstić information content (AvgIpc) is 2.96. The van der Waals surface area contributed by atoms with Crippen molar-refractivity contribution in [3.63, 3.8) is 0 Å². The normalized spacial score (nSPS) is 42.8. The van der Waals surface area contributed by atoms with E-state index in [1.165, 1.54) is 51.4 Å². The molecule has 2 heteroatoms. The molecule has 0 aliphatic heterocycles. The molecule has 4 aliphatic carbocycles. The number of hydrogen-bond acceptors (Lipinski definition) is 1. The zero-order valence-electron chi connectivity index (χ0n) is 16.9. The van der Waals surface area contributed by atoms with Crippen molar-refractivity contribution in [3.05, 3.63) is 23.3 Å². The van der Waals surface area contributed by atoms with Crippen molar-refractivity contribution in [2.75, 3.05) is 0 Å². The fourth-order valence-electron chi connectivity index (χ4n) is 7.56. The maximum Gasteiger partial charge on any atom is 0.303 e.